The van der Waals surface area contributed by atoms with Gasteiger partial charge in [-0.05, 0) is 51.1 Å². The molecular weight excluding hydrogens is 374 g/mol. The van der Waals surface area contributed by atoms with Crippen LogP contribution in [0.4, 0.5) is 5.69 Å². The van der Waals surface area contributed by atoms with Crippen molar-refractivity contribution in [2.45, 2.75) is 26.9 Å². The van der Waals surface area contributed by atoms with Gasteiger partial charge in [0.2, 0.25) is 6.79 Å². The summed E-state index contributed by atoms with van der Waals surface area (Å²) in [5.41, 5.74) is 3.74. The Kier molecular flexibility index (Phi) is 4.75. The van der Waals surface area contributed by atoms with E-state index in [1.54, 1.807) is 36.4 Å². The average molecular weight is 393 g/mol. The van der Waals surface area contributed by atoms with E-state index in [9.17, 15) is 9.59 Å². The Hall–Kier alpha value is -3.68. The number of ether oxygens (including phenoxy) is 3. The van der Waals surface area contributed by atoms with E-state index in [0.29, 0.717) is 33.8 Å². The summed E-state index contributed by atoms with van der Waals surface area (Å²) in [7, 11) is 0. The summed E-state index contributed by atoms with van der Waals surface area (Å²) in [4.78, 5) is 33.7. The van der Waals surface area contributed by atoms with Gasteiger partial charge >= 0.3 is 5.97 Å². The minimum atomic E-state index is -0.991. The summed E-state index contributed by atoms with van der Waals surface area (Å²) in [6.45, 7) is 5.39. The van der Waals surface area contributed by atoms with Gasteiger partial charge in [-0.1, -0.05) is 0 Å². The lowest BCUT2D eigenvalue weighted by molar-refractivity contribution is -0.123. The number of esters is 1. The number of fused-ring (bicyclic) bond motifs is 2. The van der Waals surface area contributed by atoms with Crippen LogP contribution in [0.1, 0.15) is 28.7 Å². The lowest BCUT2D eigenvalue weighted by Gasteiger charge is -2.14. The van der Waals surface area contributed by atoms with Gasteiger partial charge in [0, 0.05) is 11.8 Å². The number of aromatic nitrogens is 2. The standard InChI is InChI=1S/C21H19N3O5/c1-11-12(2)23-17-8-14(4-6-16(17)22-11)21(26)29-13(3)20(25)24-15-5-7-18-19(9-15)28-10-27-18/h4-9,13H,10H2,1-3H3,(H,24,25)/t13-/m1/s1. The Morgan fingerprint density at radius 3 is 2.52 bits per heavy atom. The molecule has 2 aromatic carbocycles. The molecule has 148 valence electrons. The molecule has 0 fully saturated rings. The Balaban J connectivity index is 1.44. The van der Waals surface area contributed by atoms with Crippen molar-refractivity contribution < 1.29 is 23.8 Å². The van der Waals surface area contributed by atoms with Crippen LogP contribution in [-0.2, 0) is 9.53 Å². The number of hydrogen-bond acceptors (Lipinski definition) is 7. The molecule has 0 unspecified atom stereocenters. The molecule has 3 aromatic rings. The number of anilines is 1. The predicted molar refractivity (Wildman–Crippen MR) is 105 cm³/mol. The van der Waals surface area contributed by atoms with Crippen LogP contribution in [0.2, 0.25) is 0 Å². The second kappa shape index (κ2) is 7.38. The van der Waals surface area contributed by atoms with Crippen molar-refractivity contribution in [2.24, 2.45) is 0 Å². The van der Waals surface area contributed by atoms with Gasteiger partial charge in [0.15, 0.2) is 17.6 Å². The van der Waals surface area contributed by atoms with Crippen LogP contribution in [-0.4, -0.2) is 34.7 Å². The smallest absolute Gasteiger partial charge is 0.338 e. The summed E-state index contributed by atoms with van der Waals surface area (Å²) < 4.78 is 15.8. The SMILES string of the molecule is Cc1nc2ccc(C(=O)O[C@H](C)C(=O)Nc3ccc4c(c3)OCO4)cc2nc1C. The molecule has 29 heavy (non-hydrogen) atoms. The number of carbonyl (C=O) groups excluding carboxylic acids is 2. The Morgan fingerprint density at radius 1 is 1.00 bits per heavy atom. The zero-order valence-corrected chi connectivity index (χ0v) is 16.2. The number of rotatable bonds is 4. The van der Waals surface area contributed by atoms with Gasteiger partial charge in [0.1, 0.15) is 0 Å². The molecule has 1 aromatic heterocycles. The number of nitrogens with one attached hydrogen (secondary N) is 1. The second-order valence-electron chi connectivity index (χ2n) is 6.70. The van der Waals surface area contributed by atoms with Crippen LogP contribution < -0.4 is 14.8 Å². The van der Waals surface area contributed by atoms with Gasteiger partial charge in [-0.2, -0.15) is 0 Å². The first-order chi connectivity index (χ1) is 13.9. The fraction of sp³-hybridized carbons (Fsp3) is 0.238. The van der Waals surface area contributed by atoms with E-state index in [1.165, 1.54) is 6.92 Å². The molecule has 1 aliphatic heterocycles. The number of nitrogens with zero attached hydrogens (tertiary/aromatic N) is 2. The monoisotopic (exact) mass is 393 g/mol. The fourth-order valence-corrected chi connectivity index (χ4v) is 2.86. The molecule has 1 amide bonds. The zero-order chi connectivity index (χ0) is 20.5. The Morgan fingerprint density at radius 2 is 1.72 bits per heavy atom. The third-order valence-corrected chi connectivity index (χ3v) is 4.60. The molecular formula is C21H19N3O5. The van der Waals surface area contributed by atoms with Crippen molar-refractivity contribution in [3.8, 4) is 11.5 Å². The number of carbonyl (C=O) groups is 2. The van der Waals surface area contributed by atoms with Crippen LogP contribution in [0.15, 0.2) is 36.4 Å². The van der Waals surface area contributed by atoms with Crippen molar-refractivity contribution in [1.82, 2.24) is 9.97 Å². The summed E-state index contributed by atoms with van der Waals surface area (Å²) in [6, 6.07) is 9.97. The first kappa shape index (κ1) is 18.7. The van der Waals surface area contributed by atoms with Crippen molar-refractivity contribution in [1.29, 1.82) is 0 Å². The van der Waals surface area contributed by atoms with Gasteiger partial charge in [-0.3, -0.25) is 4.79 Å². The lowest BCUT2D eigenvalue weighted by Crippen LogP contribution is -2.30. The molecule has 0 aliphatic carbocycles. The number of hydrogen-bond donors (Lipinski definition) is 1. The van der Waals surface area contributed by atoms with Crippen LogP contribution >= 0.6 is 0 Å². The maximum Gasteiger partial charge on any atom is 0.338 e. The van der Waals surface area contributed by atoms with Crippen molar-refractivity contribution in [3.63, 3.8) is 0 Å². The van der Waals surface area contributed by atoms with Gasteiger partial charge < -0.3 is 19.5 Å². The van der Waals surface area contributed by atoms with E-state index < -0.39 is 18.0 Å². The highest BCUT2D eigenvalue weighted by molar-refractivity contribution is 5.98. The van der Waals surface area contributed by atoms with E-state index in [-0.39, 0.29) is 6.79 Å². The van der Waals surface area contributed by atoms with Crippen molar-refractivity contribution in [3.05, 3.63) is 53.3 Å². The summed E-state index contributed by atoms with van der Waals surface area (Å²) >= 11 is 0. The van der Waals surface area contributed by atoms with E-state index in [4.69, 9.17) is 14.2 Å². The van der Waals surface area contributed by atoms with Crippen LogP contribution in [0, 0.1) is 13.8 Å². The molecule has 1 atom stereocenters. The molecule has 8 heteroatoms. The predicted octanol–water partition coefficient (Wildman–Crippen LogP) is 3.16. The molecule has 4 rings (SSSR count). The highest BCUT2D eigenvalue weighted by atomic mass is 16.7. The Labute approximate surface area is 166 Å². The number of benzene rings is 2. The van der Waals surface area contributed by atoms with Gasteiger partial charge in [-0.25, -0.2) is 14.8 Å². The molecule has 2 heterocycles. The van der Waals surface area contributed by atoms with E-state index >= 15 is 0 Å². The van der Waals surface area contributed by atoms with Crippen LogP contribution in [0.3, 0.4) is 0 Å². The van der Waals surface area contributed by atoms with E-state index in [1.807, 2.05) is 13.8 Å². The first-order valence-electron chi connectivity index (χ1n) is 9.07. The largest absolute Gasteiger partial charge is 0.454 e. The molecule has 8 nitrogen and oxygen atoms in total. The van der Waals surface area contributed by atoms with E-state index in [0.717, 1.165) is 11.4 Å². The fourth-order valence-electron chi connectivity index (χ4n) is 2.86. The highest BCUT2D eigenvalue weighted by Crippen LogP contribution is 2.34. The molecule has 0 saturated carbocycles. The van der Waals surface area contributed by atoms with E-state index in [2.05, 4.69) is 15.3 Å². The molecule has 1 aliphatic rings. The van der Waals surface area contributed by atoms with Gasteiger partial charge in [0.25, 0.3) is 5.91 Å². The topological polar surface area (TPSA) is 99.6 Å². The van der Waals surface area contributed by atoms with Crippen molar-refractivity contribution >= 4 is 28.6 Å². The van der Waals surface area contributed by atoms with Crippen LogP contribution in [0.5, 0.6) is 11.5 Å². The lowest BCUT2D eigenvalue weighted by atomic mass is 10.2. The van der Waals surface area contributed by atoms with Gasteiger partial charge in [-0.15, -0.1) is 0 Å². The molecule has 0 bridgehead atoms. The summed E-state index contributed by atoms with van der Waals surface area (Å²) in [5, 5.41) is 2.70. The van der Waals surface area contributed by atoms with Crippen molar-refractivity contribution in [2.75, 3.05) is 12.1 Å². The third-order valence-electron chi connectivity index (χ3n) is 4.60. The first-order valence-corrected chi connectivity index (χ1v) is 9.07. The summed E-state index contributed by atoms with van der Waals surface area (Å²) in [6.07, 6.45) is -0.991. The number of aryl methyl sites for hydroxylation is 2. The maximum absolute atomic E-state index is 12.5. The average Bonchev–Trinajstić information content (AvgIpc) is 3.16. The van der Waals surface area contributed by atoms with Crippen LogP contribution in [0.25, 0.3) is 11.0 Å². The minimum absolute atomic E-state index is 0.149. The normalized spacial score (nSPS) is 13.2. The summed E-state index contributed by atoms with van der Waals surface area (Å²) in [5.74, 6) is 0.104. The molecule has 1 N–H and O–H groups in total. The highest BCUT2D eigenvalue weighted by Gasteiger charge is 2.21. The minimum Gasteiger partial charge on any atom is -0.454 e. The second-order valence-corrected chi connectivity index (χ2v) is 6.70. The molecule has 0 saturated heterocycles. The number of amides is 1. The zero-order valence-electron chi connectivity index (χ0n) is 16.2. The van der Waals surface area contributed by atoms with Gasteiger partial charge in [0.05, 0.1) is 28.0 Å². The quantitative estimate of drug-likeness (QED) is 0.680. The molecule has 0 radical (unpaired) electrons. The maximum atomic E-state index is 12.5. The molecule has 0 spiro atoms. The Bertz CT molecular complexity index is 1130. The third kappa shape index (κ3) is 3.82.